The molecule has 2 unspecified atom stereocenters. The molecule has 1 aromatic heterocycles. The largest absolute Gasteiger partial charge is 0.338 e. The number of para-hydroxylation sites is 1. The number of carbonyl (C=O) groups is 1. The lowest BCUT2D eigenvalue weighted by Crippen LogP contribution is -2.57. The summed E-state index contributed by atoms with van der Waals surface area (Å²) in [6.07, 6.45) is 2.92. The van der Waals surface area contributed by atoms with E-state index in [1.807, 2.05) is 29.2 Å². The Kier molecular flexibility index (Phi) is 6.90. The molecule has 0 radical (unpaired) electrons. The molecule has 0 spiro atoms. The molecule has 0 saturated carbocycles. The van der Waals surface area contributed by atoms with E-state index >= 15 is 0 Å². The number of nitrogens with zero attached hydrogens (tertiary/aromatic N) is 4. The number of amides is 2. The first-order valence-corrected chi connectivity index (χ1v) is 10.7. The number of nitrogens with one attached hydrogen (secondary N) is 1. The van der Waals surface area contributed by atoms with Gasteiger partial charge in [-0.3, -0.25) is 14.3 Å². The molecule has 0 bridgehead atoms. The molecule has 1 aliphatic heterocycles. The average Bonchev–Trinajstić information content (AvgIpc) is 2.72. The quantitative estimate of drug-likeness (QED) is 0.759. The number of unbranched alkanes of at least 4 members (excludes halogenated alkanes) is 1. The van der Waals surface area contributed by atoms with Crippen LogP contribution in [0.5, 0.6) is 0 Å². The van der Waals surface area contributed by atoms with Crippen molar-refractivity contribution in [3.63, 3.8) is 0 Å². The maximum absolute atomic E-state index is 12.8. The standard InChI is InChI=1S/C22H33N5O2/c1-5-7-12-23-22(29)27-14-13-26(15-16(27)3)19(6-2)20-24-18-11-9-8-10-17(18)21(28)25(20)4/h8-11,16,19H,5-7,12-15H2,1-4H3,(H,23,29). The predicted molar refractivity (Wildman–Crippen MR) is 116 cm³/mol. The van der Waals surface area contributed by atoms with Crippen LogP contribution in [-0.4, -0.2) is 57.6 Å². The first kappa shape index (κ1) is 21.3. The van der Waals surface area contributed by atoms with Crippen molar-refractivity contribution in [2.24, 2.45) is 7.05 Å². The second kappa shape index (κ2) is 9.39. The van der Waals surface area contributed by atoms with E-state index in [1.165, 1.54) is 0 Å². The van der Waals surface area contributed by atoms with E-state index in [4.69, 9.17) is 4.98 Å². The highest BCUT2D eigenvalue weighted by Gasteiger charge is 2.32. The minimum atomic E-state index is -0.00830. The fourth-order valence-electron chi connectivity index (χ4n) is 4.18. The Labute approximate surface area is 172 Å². The second-order valence-corrected chi connectivity index (χ2v) is 7.90. The maximum Gasteiger partial charge on any atom is 0.317 e. The Morgan fingerprint density at radius 3 is 2.72 bits per heavy atom. The molecule has 1 N–H and O–H groups in total. The van der Waals surface area contributed by atoms with Crippen molar-refractivity contribution in [2.45, 2.75) is 52.1 Å². The van der Waals surface area contributed by atoms with Gasteiger partial charge in [0.15, 0.2) is 0 Å². The van der Waals surface area contributed by atoms with Crippen LogP contribution in [-0.2, 0) is 7.05 Å². The Morgan fingerprint density at radius 2 is 2.03 bits per heavy atom. The average molecular weight is 400 g/mol. The lowest BCUT2D eigenvalue weighted by molar-refractivity contribution is 0.0678. The van der Waals surface area contributed by atoms with Gasteiger partial charge in [0.2, 0.25) is 0 Å². The Hall–Kier alpha value is -2.41. The smallest absolute Gasteiger partial charge is 0.317 e. The Morgan fingerprint density at radius 1 is 1.28 bits per heavy atom. The van der Waals surface area contributed by atoms with Crippen LogP contribution in [0.1, 0.15) is 51.9 Å². The van der Waals surface area contributed by atoms with Gasteiger partial charge in [0.1, 0.15) is 5.82 Å². The van der Waals surface area contributed by atoms with Gasteiger partial charge in [0, 0.05) is 39.3 Å². The first-order valence-electron chi connectivity index (χ1n) is 10.7. The molecule has 29 heavy (non-hydrogen) atoms. The molecule has 1 aliphatic rings. The Balaban J connectivity index is 1.78. The van der Waals surface area contributed by atoms with E-state index in [1.54, 1.807) is 11.6 Å². The summed E-state index contributed by atoms with van der Waals surface area (Å²) in [7, 11) is 1.81. The van der Waals surface area contributed by atoms with Gasteiger partial charge in [0.05, 0.1) is 16.9 Å². The zero-order valence-electron chi connectivity index (χ0n) is 18.0. The van der Waals surface area contributed by atoms with Crippen LogP contribution >= 0.6 is 0 Å². The second-order valence-electron chi connectivity index (χ2n) is 7.90. The maximum atomic E-state index is 12.8. The molecule has 7 nitrogen and oxygen atoms in total. The summed E-state index contributed by atoms with van der Waals surface area (Å²) in [6.45, 7) is 9.27. The first-order chi connectivity index (χ1) is 14.0. The van der Waals surface area contributed by atoms with Gasteiger partial charge in [-0.25, -0.2) is 9.78 Å². The molecule has 2 heterocycles. The van der Waals surface area contributed by atoms with E-state index < -0.39 is 0 Å². The van der Waals surface area contributed by atoms with Crippen LogP contribution in [0.4, 0.5) is 4.79 Å². The van der Waals surface area contributed by atoms with Gasteiger partial charge >= 0.3 is 6.03 Å². The van der Waals surface area contributed by atoms with Gasteiger partial charge in [-0.15, -0.1) is 0 Å². The molecule has 1 saturated heterocycles. The van der Waals surface area contributed by atoms with Crippen molar-refractivity contribution in [1.82, 2.24) is 24.7 Å². The molecule has 2 aromatic rings. The van der Waals surface area contributed by atoms with Gasteiger partial charge in [0.25, 0.3) is 5.56 Å². The number of fused-ring (bicyclic) bond motifs is 1. The molecular formula is C22H33N5O2. The Bertz CT molecular complexity index is 910. The molecule has 2 amide bonds. The van der Waals surface area contributed by atoms with Crippen LogP contribution < -0.4 is 10.9 Å². The number of aromatic nitrogens is 2. The van der Waals surface area contributed by atoms with Crippen LogP contribution in [0.2, 0.25) is 0 Å². The molecule has 1 aromatic carbocycles. The summed E-state index contributed by atoms with van der Waals surface area (Å²) in [6, 6.07) is 7.69. The predicted octanol–water partition coefficient (Wildman–Crippen LogP) is 2.90. The summed E-state index contributed by atoms with van der Waals surface area (Å²) in [5, 5.41) is 3.67. The minimum absolute atomic E-state index is 0.00830. The van der Waals surface area contributed by atoms with Gasteiger partial charge < -0.3 is 10.2 Å². The highest BCUT2D eigenvalue weighted by Crippen LogP contribution is 2.26. The summed E-state index contributed by atoms with van der Waals surface area (Å²) in [5.74, 6) is 0.796. The van der Waals surface area contributed by atoms with Crippen molar-refractivity contribution in [3.05, 3.63) is 40.4 Å². The third-order valence-corrected chi connectivity index (χ3v) is 5.87. The molecule has 7 heteroatoms. The van der Waals surface area contributed by atoms with Gasteiger partial charge in [-0.2, -0.15) is 0 Å². The fourth-order valence-corrected chi connectivity index (χ4v) is 4.18. The van der Waals surface area contributed by atoms with Crippen molar-refractivity contribution in [1.29, 1.82) is 0 Å². The highest BCUT2D eigenvalue weighted by molar-refractivity contribution is 5.77. The number of rotatable bonds is 6. The van der Waals surface area contributed by atoms with Crippen LogP contribution in [0, 0.1) is 0 Å². The van der Waals surface area contributed by atoms with Gasteiger partial charge in [-0.1, -0.05) is 32.4 Å². The van der Waals surface area contributed by atoms with E-state index in [0.717, 1.165) is 50.2 Å². The third-order valence-electron chi connectivity index (χ3n) is 5.87. The lowest BCUT2D eigenvalue weighted by Gasteiger charge is -2.43. The van der Waals surface area contributed by atoms with Crippen molar-refractivity contribution >= 4 is 16.9 Å². The normalized spacial score (nSPS) is 18.8. The van der Waals surface area contributed by atoms with Crippen molar-refractivity contribution in [2.75, 3.05) is 26.2 Å². The molecule has 2 atom stereocenters. The number of piperazine rings is 1. The molecule has 0 aliphatic carbocycles. The SMILES string of the molecule is CCCCNC(=O)N1CCN(C(CC)c2nc3ccccc3c(=O)n2C)CC1C. The minimum Gasteiger partial charge on any atom is -0.338 e. The monoisotopic (exact) mass is 399 g/mol. The fraction of sp³-hybridized carbons (Fsp3) is 0.591. The number of hydrogen-bond donors (Lipinski definition) is 1. The van der Waals surface area contributed by atoms with Crippen LogP contribution in [0.25, 0.3) is 10.9 Å². The summed E-state index contributed by atoms with van der Waals surface area (Å²) >= 11 is 0. The van der Waals surface area contributed by atoms with E-state index in [0.29, 0.717) is 11.9 Å². The summed E-state index contributed by atoms with van der Waals surface area (Å²) < 4.78 is 1.69. The number of hydrogen-bond acceptors (Lipinski definition) is 4. The summed E-state index contributed by atoms with van der Waals surface area (Å²) in [4.78, 5) is 34.4. The topological polar surface area (TPSA) is 70.5 Å². The molecule has 3 rings (SSSR count). The van der Waals surface area contributed by atoms with Crippen molar-refractivity contribution in [3.8, 4) is 0 Å². The van der Waals surface area contributed by atoms with Crippen molar-refractivity contribution < 1.29 is 4.79 Å². The molecule has 1 fully saturated rings. The molecular weight excluding hydrogens is 366 g/mol. The van der Waals surface area contributed by atoms with Crippen LogP contribution in [0.15, 0.2) is 29.1 Å². The number of carbonyl (C=O) groups excluding carboxylic acids is 1. The van der Waals surface area contributed by atoms with E-state index in [-0.39, 0.29) is 23.7 Å². The zero-order valence-corrected chi connectivity index (χ0v) is 18.0. The highest BCUT2D eigenvalue weighted by atomic mass is 16.2. The zero-order chi connectivity index (χ0) is 21.0. The van der Waals surface area contributed by atoms with E-state index in [2.05, 4.69) is 31.0 Å². The van der Waals surface area contributed by atoms with Crippen LogP contribution in [0.3, 0.4) is 0 Å². The number of urea groups is 1. The third kappa shape index (κ3) is 4.45. The van der Waals surface area contributed by atoms with E-state index in [9.17, 15) is 9.59 Å². The lowest BCUT2D eigenvalue weighted by atomic mass is 10.1. The number of benzene rings is 1. The summed E-state index contributed by atoms with van der Waals surface area (Å²) in [5.41, 5.74) is 0.733. The van der Waals surface area contributed by atoms with Gasteiger partial charge in [-0.05, 0) is 31.9 Å². The molecule has 158 valence electrons.